The summed E-state index contributed by atoms with van der Waals surface area (Å²) in [7, 11) is -2.00. The highest BCUT2D eigenvalue weighted by molar-refractivity contribution is 7.92. The van der Waals surface area contributed by atoms with E-state index < -0.39 is 10.0 Å². The number of likely N-dealkylation sites (N-methyl/N-ethyl adjacent to an activating group) is 1. The summed E-state index contributed by atoms with van der Waals surface area (Å²) >= 11 is 0. The molecule has 5 nitrogen and oxygen atoms in total. The van der Waals surface area contributed by atoms with Gasteiger partial charge in [-0.25, -0.2) is 8.42 Å². The van der Waals surface area contributed by atoms with E-state index >= 15 is 0 Å². The Kier molecular flexibility index (Phi) is 4.09. The molecule has 1 aliphatic rings. The second-order valence-corrected chi connectivity index (χ2v) is 7.71. The van der Waals surface area contributed by atoms with Crippen LogP contribution in [0.25, 0.3) is 0 Å². The minimum absolute atomic E-state index is 0.0287. The van der Waals surface area contributed by atoms with E-state index in [0.29, 0.717) is 5.69 Å². The number of rotatable bonds is 4. The molecule has 2 aromatic carbocycles. The monoisotopic (exact) mass is 344 g/mol. The van der Waals surface area contributed by atoms with Crippen molar-refractivity contribution in [1.82, 2.24) is 0 Å². The van der Waals surface area contributed by atoms with Crippen LogP contribution in [-0.4, -0.2) is 21.4 Å². The van der Waals surface area contributed by atoms with Crippen LogP contribution in [0.5, 0.6) is 0 Å². The zero-order chi connectivity index (χ0) is 17.5. The Balaban J connectivity index is 1.95. The van der Waals surface area contributed by atoms with Crippen LogP contribution in [0.2, 0.25) is 0 Å². The largest absolute Gasteiger partial charge is 0.315 e. The van der Waals surface area contributed by atoms with E-state index in [0.717, 1.165) is 28.8 Å². The molecular formula is C18H20N2O3S. The molecule has 1 N–H and O–H groups in total. The van der Waals surface area contributed by atoms with Gasteiger partial charge in [-0.2, -0.15) is 0 Å². The number of anilines is 2. The third-order valence-corrected chi connectivity index (χ3v) is 5.76. The molecule has 0 aromatic heterocycles. The molecule has 2 aromatic rings. The van der Waals surface area contributed by atoms with E-state index in [-0.39, 0.29) is 17.2 Å². The van der Waals surface area contributed by atoms with Crippen molar-refractivity contribution >= 4 is 27.3 Å². The Morgan fingerprint density at radius 3 is 2.62 bits per heavy atom. The number of amides is 1. The first-order valence-corrected chi connectivity index (χ1v) is 9.32. The van der Waals surface area contributed by atoms with Crippen LogP contribution in [0.4, 0.5) is 11.4 Å². The van der Waals surface area contributed by atoms with Crippen LogP contribution in [-0.2, 0) is 27.7 Å². The molecule has 3 rings (SSSR count). The molecule has 0 bridgehead atoms. The highest BCUT2D eigenvalue weighted by Gasteiger charge is 2.26. The molecule has 1 heterocycles. The van der Waals surface area contributed by atoms with E-state index in [1.165, 1.54) is 6.07 Å². The average Bonchev–Trinajstić information content (AvgIpc) is 2.83. The lowest BCUT2D eigenvalue weighted by molar-refractivity contribution is -0.117. The number of sulfonamides is 1. The van der Waals surface area contributed by atoms with Crippen LogP contribution in [0.3, 0.4) is 0 Å². The van der Waals surface area contributed by atoms with Crippen molar-refractivity contribution in [1.29, 1.82) is 0 Å². The van der Waals surface area contributed by atoms with E-state index in [4.69, 9.17) is 0 Å². The van der Waals surface area contributed by atoms with Gasteiger partial charge >= 0.3 is 0 Å². The van der Waals surface area contributed by atoms with Gasteiger partial charge in [-0.15, -0.1) is 0 Å². The fourth-order valence-corrected chi connectivity index (χ4v) is 3.99. The number of nitrogens with zero attached hydrogens (tertiary/aromatic N) is 1. The second kappa shape index (κ2) is 5.94. The van der Waals surface area contributed by atoms with Gasteiger partial charge in [0.05, 0.1) is 17.0 Å². The summed E-state index contributed by atoms with van der Waals surface area (Å²) in [5, 5.41) is 0. The lowest BCUT2D eigenvalue weighted by Gasteiger charge is -2.14. The van der Waals surface area contributed by atoms with Gasteiger partial charge in [-0.05, 0) is 54.3 Å². The fourth-order valence-electron chi connectivity index (χ4n) is 2.82. The number of benzene rings is 2. The quantitative estimate of drug-likeness (QED) is 0.927. The number of nitrogens with one attached hydrogen (secondary N) is 1. The zero-order valence-electron chi connectivity index (χ0n) is 14.0. The maximum Gasteiger partial charge on any atom is 0.261 e. The van der Waals surface area contributed by atoms with Gasteiger partial charge in [-0.1, -0.05) is 19.1 Å². The van der Waals surface area contributed by atoms with Crippen molar-refractivity contribution in [3.8, 4) is 0 Å². The van der Waals surface area contributed by atoms with Crippen molar-refractivity contribution in [2.45, 2.75) is 31.6 Å². The normalized spacial score (nSPS) is 14.0. The average molecular weight is 344 g/mol. The number of carbonyl (C=O) groups is 1. The Labute approximate surface area is 142 Å². The van der Waals surface area contributed by atoms with Crippen LogP contribution < -0.4 is 9.62 Å². The van der Waals surface area contributed by atoms with Crippen molar-refractivity contribution < 1.29 is 13.2 Å². The van der Waals surface area contributed by atoms with Crippen LogP contribution in [0, 0.1) is 6.92 Å². The van der Waals surface area contributed by atoms with Gasteiger partial charge in [0.15, 0.2) is 0 Å². The van der Waals surface area contributed by atoms with Crippen molar-refractivity contribution in [3.05, 3.63) is 53.1 Å². The minimum Gasteiger partial charge on any atom is -0.315 e. The third-order valence-electron chi connectivity index (χ3n) is 4.39. The van der Waals surface area contributed by atoms with Crippen LogP contribution >= 0.6 is 0 Å². The molecule has 1 amide bonds. The molecule has 126 valence electrons. The molecule has 1 aliphatic heterocycles. The summed E-state index contributed by atoms with van der Waals surface area (Å²) < 4.78 is 28.1. The van der Waals surface area contributed by atoms with Gasteiger partial charge in [0.2, 0.25) is 5.91 Å². The van der Waals surface area contributed by atoms with Gasteiger partial charge in [0.25, 0.3) is 10.0 Å². The highest BCUT2D eigenvalue weighted by Crippen LogP contribution is 2.30. The van der Waals surface area contributed by atoms with Crippen molar-refractivity contribution in [2.24, 2.45) is 0 Å². The Bertz CT molecular complexity index is 920. The molecule has 0 atom stereocenters. The lowest BCUT2D eigenvalue weighted by Crippen LogP contribution is -2.20. The molecule has 0 saturated carbocycles. The van der Waals surface area contributed by atoms with E-state index in [9.17, 15) is 13.2 Å². The summed E-state index contributed by atoms with van der Waals surface area (Å²) in [6, 6.07) is 10.6. The molecule has 0 radical (unpaired) electrons. The molecule has 0 aliphatic carbocycles. The zero-order valence-corrected chi connectivity index (χ0v) is 14.8. The first kappa shape index (κ1) is 16.5. The number of hydrogen-bond donors (Lipinski definition) is 1. The Hall–Kier alpha value is -2.34. The maximum atomic E-state index is 12.7. The van der Waals surface area contributed by atoms with Crippen molar-refractivity contribution in [2.75, 3.05) is 16.7 Å². The molecule has 0 unspecified atom stereocenters. The first-order valence-electron chi connectivity index (χ1n) is 7.83. The van der Waals surface area contributed by atoms with Crippen molar-refractivity contribution in [3.63, 3.8) is 0 Å². The van der Waals surface area contributed by atoms with Gasteiger partial charge < -0.3 is 4.90 Å². The predicted molar refractivity (Wildman–Crippen MR) is 94.9 cm³/mol. The molecular weight excluding hydrogens is 324 g/mol. The Morgan fingerprint density at radius 1 is 1.17 bits per heavy atom. The maximum absolute atomic E-state index is 12.7. The summed E-state index contributed by atoms with van der Waals surface area (Å²) in [6.45, 7) is 3.89. The van der Waals surface area contributed by atoms with Gasteiger partial charge in [-0.3, -0.25) is 9.52 Å². The summed E-state index contributed by atoms with van der Waals surface area (Å²) in [4.78, 5) is 13.5. The van der Waals surface area contributed by atoms with Gasteiger partial charge in [0, 0.05) is 12.7 Å². The number of carbonyl (C=O) groups excluding carboxylic acids is 1. The Morgan fingerprint density at radius 2 is 1.92 bits per heavy atom. The topological polar surface area (TPSA) is 66.5 Å². The van der Waals surface area contributed by atoms with E-state index in [1.54, 1.807) is 24.1 Å². The highest BCUT2D eigenvalue weighted by atomic mass is 32.2. The standard InChI is InChI=1S/C18H20N2O3S/c1-4-13-6-5-12(2)16(9-13)19-24(22,23)15-7-8-17-14(10-15)11-18(21)20(17)3/h5-10,19H,4,11H2,1-3H3. The number of hydrogen-bond acceptors (Lipinski definition) is 3. The van der Waals surface area contributed by atoms with Crippen LogP contribution in [0.15, 0.2) is 41.3 Å². The SMILES string of the molecule is CCc1ccc(C)c(NS(=O)(=O)c2ccc3c(c2)CC(=O)N3C)c1. The molecule has 24 heavy (non-hydrogen) atoms. The molecule has 0 saturated heterocycles. The van der Waals surface area contributed by atoms with E-state index in [1.807, 2.05) is 32.0 Å². The predicted octanol–water partition coefficient (Wildman–Crippen LogP) is 2.88. The molecule has 0 spiro atoms. The summed E-state index contributed by atoms with van der Waals surface area (Å²) in [6.07, 6.45) is 1.07. The van der Waals surface area contributed by atoms with Crippen LogP contribution in [0.1, 0.15) is 23.6 Å². The van der Waals surface area contributed by atoms with Gasteiger partial charge in [0.1, 0.15) is 0 Å². The molecule has 0 fully saturated rings. The number of fused-ring (bicyclic) bond motifs is 1. The summed E-state index contributed by atoms with van der Waals surface area (Å²) in [5.74, 6) is -0.0287. The minimum atomic E-state index is -3.70. The smallest absolute Gasteiger partial charge is 0.261 e. The summed E-state index contributed by atoms with van der Waals surface area (Å²) in [5.41, 5.74) is 4.03. The second-order valence-electron chi connectivity index (χ2n) is 6.03. The number of aryl methyl sites for hydroxylation is 2. The fraction of sp³-hybridized carbons (Fsp3) is 0.278. The molecule has 6 heteroatoms. The van der Waals surface area contributed by atoms with E-state index in [2.05, 4.69) is 4.72 Å². The first-order chi connectivity index (χ1) is 11.3. The third kappa shape index (κ3) is 2.89. The lowest BCUT2D eigenvalue weighted by atomic mass is 10.1.